The SMILES string of the molecule is Clc1ccc([C@@H]2Nc3ccc4ccccc4c3[C@@H]3C=CC[C@H]32)cc1. The summed E-state index contributed by atoms with van der Waals surface area (Å²) >= 11 is 6.08. The van der Waals surface area contributed by atoms with E-state index in [1.54, 1.807) is 0 Å². The van der Waals surface area contributed by atoms with Crippen LogP contribution < -0.4 is 5.32 Å². The van der Waals surface area contributed by atoms with Gasteiger partial charge in [-0.1, -0.05) is 66.2 Å². The molecule has 3 atom stereocenters. The molecule has 24 heavy (non-hydrogen) atoms. The van der Waals surface area contributed by atoms with E-state index in [4.69, 9.17) is 11.6 Å². The van der Waals surface area contributed by atoms with Gasteiger partial charge in [0.05, 0.1) is 6.04 Å². The van der Waals surface area contributed by atoms with Crippen molar-refractivity contribution in [2.75, 3.05) is 5.32 Å². The van der Waals surface area contributed by atoms with Crippen LogP contribution in [0, 0.1) is 5.92 Å². The van der Waals surface area contributed by atoms with Gasteiger partial charge in [-0.05, 0) is 52.4 Å². The Morgan fingerprint density at radius 1 is 0.917 bits per heavy atom. The van der Waals surface area contributed by atoms with E-state index in [1.807, 2.05) is 12.1 Å². The molecule has 1 aliphatic heterocycles. The highest BCUT2D eigenvalue weighted by molar-refractivity contribution is 6.30. The molecular formula is C22H18ClN. The Kier molecular flexibility index (Phi) is 3.17. The van der Waals surface area contributed by atoms with Gasteiger partial charge in [-0.3, -0.25) is 0 Å². The molecule has 0 fully saturated rings. The van der Waals surface area contributed by atoms with E-state index in [-0.39, 0.29) is 0 Å². The van der Waals surface area contributed by atoms with Gasteiger partial charge in [0.1, 0.15) is 0 Å². The van der Waals surface area contributed by atoms with Gasteiger partial charge in [0.15, 0.2) is 0 Å². The van der Waals surface area contributed by atoms with Crippen molar-refractivity contribution in [3.8, 4) is 0 Å². The smallest absolute Gasteiger partial charge is 0.0553 e. The van der Waals surface area contributed by atoms with Crippen LogP contribution in [-0.2, 0) is 0 Å². The van der Waals surface area contributed by atoms with Gasteiger partial charge in [-0.2, -0.15) is 0 Å². The van der Waals surface area contributed by atoms with Gasteiger partial charge in [0, 0.05) is 16.6 Å². The Labute approximate surface area is 147 Å². The molecule has 3 aromatic carbocycles. The quantitative estimate of drug-likeness (QED) is 0.514. The molecule has 118 valence electrons. The van der Waals surface area contributed by atoms with Gasteiger partial charge >= 0.3 is 0 Å². The van der Waals surface area contributed by atoms with Gasteiger partial charge in [-0.25, -0.2) is 0 Å². The van der Waals surface area contributed by atoms with Crippen molar-refractivity contribution in [2.24, 2.45) is 5.92 Å². The molecule has 3 aromatic rings. The molecule has 1 N–H and O–H groups in total. The fraction of sp³-hybridized carbons (Fsp3) is 0.182. The first-order valence-corrected chi connectivity index (χ1v) is 8.89. The Morgan fingerprint density at radius 3 is 2.62 bits per heavy atom. The highest BCUT2D eigenvalue weighted by Gasteiger charge is 2.38. The molecule has 0 unspecified atom stereocenters. The minimum absolute atomic E-state index is 0.330. The summed E-state index contributed by atoms with van der Waals surface area (Å²) in [5.41, 5.74) is 4.04. The Hall–Kier alpha value is -2.25. The molecule has 2 heteroatoms. The van der Waals surface area contributed by atoms with Crippen molar-refractivity contribution in [2.45, 2.75) is 18.4 Å². The maximum Gasteiger partial charge on any atom is 0.0553 e. The Morgan fingerprint density at radius 2 is 1.75 bits per heavy atom. The van der Waals surface area contributed by atoms with E-state index >= 15 is 0 Å². The molecule has 0 aromatic heterocycles. The van der Waals surface area contributed by atoms with Crippen LogP contribution in [0.3, 0.4) is 0 Å². The Bertz CT molecular complexity index is 942. The number of nitrogens with one attached hydrogen (secondary N) is 1. The van der Waals surface area contributed by atoms with Crippen molar-refractivity contribution in [3.63, 3.8) is 0 Å². The number of benzene rings is 3. The topological polar surface area (TPSA) is 12.0 Å². The first kappa shape index (κ1) is 14.1. The molecule has 2 aliphatic rings. The van der Waals surface area contributed by atoms with Crippen LogP contribution in [0.4, 0.5) is 5.69 Å². The minimum Gasteiger partial charge on any atom is -0.378 e. The molecule has 5 rings (SSSR count). The standard InChI is InChI=1S/C22H18ClN/c23-16-11-8-15(9-12-16)22-19-7-3-6-18(19)21-17-5-2-1-4-14(17)10-13-20(21)24-22/h1-6,8-13,18-19,22,24H,7H2/t18-,19-,22+/m1/s1. The van der Waals surface area contributed by atoms with E-state index in [0.29, 0.717) is 17.9 Å². The summed E-state index contributed by atoms with van der Waals surface area (Å²) in [6.07, 6.45) is 5.87. The molecule has 1 heterocycles. The average Bonchev–Trinajstić information content (AvgIpc) is 3.11. The molecule has 0 amide bonds. The molecule has 1 nitrogen and oxygen atoms in total. The number of hydrogen-bond acceptors (Lipinski definition) is 1. The number of rotatable bonds is 1. The van der Waals surface area contributed by atoms with E-state index in [1.165, 1.54) is 27.6 Å². The van der Waals surface area contributed by atoms with E-state index in [2.05, 4.69) is 66.0 Å². The lowest BCUT2D eigenvalue weighted by atomic mass is 9.75. The lowest BCUT2D eigenvalue weighted by Crippen LogP contribution is -2.29. The highest BCUT2D eigenvalue weighted by Crippen LogP contribution is 2.51. The van der Waals surface area contributed by atoms with E-state index in [0.717, 1.165) is 11.4 Å². The normalized spacial score (nSPS) is 24.5. The molecular weight excluding hydrogens is 314 g/mol. The first-order chi connectivity index (χ1) is 11.8. The van der Waals surface area contributed by atoms with Crippen molar-refractivity contribution in [3.05, 3.63) is 89.0 Å². The summed E-state index contributed by atoms with van der Waals surface area (Å²) in [6, 6.07) is 21.8. The molecule has 0 bridgehead atoms. The molecule has 0 saturated heterocycles. The fourth-order valence-electron chi connectivity index (χ4n) is 4.38. The zero-order chi connectivity index (χ0) is 16.1. The number of hydrogen-bond donors (Lipinski definition) is 1. The molecule has 0 radical (unpaired) electrons. The summed E-state index contributed by atoms with van der Waals surface area (Å²) in [5.74, 6) is 1.04. The second-order valence-electron chi connectivity index (χ2n) is 6.77. The third-order valence-electron chi connectivity index (χ3n) is 5.49. The third-order valence-corrected chi connectivity index (χ3v) is 5.74. The van der Waals surface area contributed by atoms with Crippen LogP contribution in [0.2, 0.25) is 5.02 Å². The zero-order valence-electron chi connectivity index (χ0n) is 13.2. The highest BCUT2D eigenvalue weighted by atomic mass is 35.5. The van der Waals surface area contributed by atoms with Crippen LogP contribution >= 0.6 is 11.6 Å². The van der Waals surface area contributed by atoms with E-state index in [9.17, 15) is 0 Å². The van der Waals surface area contributed by atoms with Crippen LogP contribution in [-0.4, -0.2) is 0 Å². The van der Waals surface area contributed by atoms with Crippen LogP contribution in [0.25, 0.3) is 10.8 Å². The van der Waals surface area contributed by atoms with E-state index < -0.39 is 0 Å². The van der Waals surface area contributed by atoms with Crippen LogP contribution in [0.15, 0.2) is 72.8 Å². The second-order valence-corrected chi connectivity index (χ2v) is 7.21. The summed E-state index contributed by atoms with van der Waals surface area (Å²) in [4.78, 5) is 0. The number of halogens is 1. The molecule has 0 saturated carbocycles. The average molecular weight is 332 g/mol. The third kappa shape index (κ3) is 2.08. The van der Waals surface area contributed by atoms with Crippen LogP contribution in [0.5, 0.6) is 0 Å². The summed E-state index contributed by atoms with van der Waals surface area (Å²) in [6.45, 7) is 0. The van der Waals surface area contributed by atoms with Crippen molar-refractivity contribution < 1.29 is 0 Å². The second kappa shape index (κ2) is 5.39. The van der Waals surface area contributed by atoms with Gasteiger partial charge in [0.2, 0.25) is 0 Å². The number of allylic oxidation sites excluding steroid dienone is 2. The minimum atomic E-state index is 0.330. The molecule has 0 spiro atoms. The van der Waals surface area contributed by atoms with Gasteiger partial charge < -0.3 is 5.32 Å². The maximum absolute atomic E-state index is 6.08. The fourth-order valence-corrected chi connectivity index (χ4v) is 4.51. The lowest BCUT2D eigenvalue weighted by Gasteiger charge is -2.38. The largest absolute Gasteiger partial charge is 0.378 e. The maximum atomic E-state index is 6.08. The van der Waals surface area contributed by atoms with Gasteiger partial charge in [0.25, 0.3) is 0 Å². The lowest BCUT2D eigenvalue weighted by molar-refractivity contribution is 0.427. The van der Waals surface area contributed by atoms with Crippen molar-refractivity contribution >= 4 is 28.1 Å². The number of anilines is 1. The Balaban J connectivity index is 1.67. The first-order valence-electron chi connectivity index (χ1n) is 8.51. The monoisotopic (exact) mass is 331 g/mol. The zero-order valence-corrected chi connectivity index (χ0v) is 14.0. The predicted molar refractivity (Wildman–Crippen MR) is 102 cm³/mol. The van der Waals surface area contributed by atoms with Crippen molar-refractivity contribution in [1.82, 2.24) is 0 Å². The van der Waals surface area contributed by atoms with Crippen LogP contribution in [0.1, 0.15) is 29.5 Å². The molecule has 1 aliphatic carbocycles. The predicted octanol–water partition coefficient (Wildman–Crippen LogP) is 6.32. The summed E-state index contributed by atoms with van der Waals surface area (Å²) < 4.78 is 0. The van der Waals surface area contributed by atoms with Crippen molar-refractivity contribution in [1.29, 1.82) is 0 Å². The number of fused-ring (bicyclic) bond motifs is 5. The summed E-state index contributed by atoms with van der Waals surface area (Å²) in [5, 5.41) is 7.30. The summed E-state index contributed by atoms with van der Waals surface area (Å²) in [7, 11) is 0. The van der Waals surface area contributed by atoms with Gasteiger partial charge in [-0.15, -0.1) is 0 Å².